The summed E-state index contributed by atoms with van der Waals surface area (Å²) in [5, 5.41) is 28.7. The highest BCUT2D eigenvalue weighted by Gasteiger charge is 2.11. The number of rotatable bonds is 5. The van der Waals surface area contributed by atoms with Gasteiger partial charge in [-0.1, -0.05) is 0 Å². The largest absolute Gasteiger partial charge is 0.491 e. The van der Waals surface area contributed by atoms with Gasteiger partial charge in [-0.2, -0.15) is 0 Å². The summed E-state index contributed by atoms with van der Waals surface area (Å²) < 4.78 is 5.41. The Morgan fingerprint density at radius 2 is 2.05 bits per heavy atom. The van der Waals surface area contributed by atoms with Gasteiger partial charge in [-0.25, -0.2) is 9.78 Å². The molecule has 4 N–H and O–H groups in total. The molecule has 7 nitrogen and oxygen atoms in total. The fraction of sp³-hybridized carbons (Fsp3) is 0.200. The van der Waals surface area contributed by atoms with Crippen LogP contribution in [0.5, 0.6) is 5.75 Å². The number of benzene rings is 1. The number of hydrogen-bond acceptors (Lipinski definition) is 5. The fourth-order valence-electron chi connectivity index (χ4n) is 2.23. The van der Waals surface area contributed by atoms with Gasteiger partial charge in [-0.15, -0.1) is 0 Å². The molecule has 3 rings (SSSR count). The molecule has 1 atom stereocenters. The van der Waals surface area contributed by atoms with Crippen LogP contribution in [-0.2, 0) is 0 Å². The second-order valence-electron chi connectivity index (χ2n) is 4.90. The number of pyridine rings is 1. The lowest BCUT2D eigenvalue weighted by Gasteiger charge is -2.09. The van der Waals surface area contributed by atoms with Crippen LogP contribution in [0.25, 0.3) is 21.8 Å². The quantitative estimate of drug-likeness (QED) is 0.562. The predicted molar refractivity (Wildman–Crippen MR) is 79.1 cm³/mol. The van der Waals surface area contributed by atoms with Gasteiger partial charge in [0.05, 0.1) is 18.3 Å². The second kappa shape index (κ2) is 5.63. The Bertz CT molecular complexity index is 842. The molecule has 2 aromatic heterocycles. The second-order valence-corrected chi connectivity index (χ2v) is 4.90. The van der Waals surface area contributed by atoms with E-state index >= 15 is 0 Å². The molecule has 114 valence electrons. The normalized spacial score (nSPS) is 12.6. The molecule has 22 heavy (non-hydrogen) atoms. The van der Waals surface area contributed by atoms with Crippen molar-refractivity contribution >= 4 is 27.8 Å². The summed E-state index contributed by atoms with van der Waals surface area (Å²) in [6.45, 7) is -0.394. The number of carbonyl (C=O) groups is 1. The number of carboxylic acid groups (broad SMARTS) is 1. The summed E-state index contributed by atoms with van der Waals surface area (Å²) in [6, 6.07) is 6.79. The zero-order chi connectivity index (χ0) is 15.7. The highest BCUT2D eigenvalue weighted by atomic mass is 16.5. The molecular formula is C15H14N2O5. The monoisotopic (exact) mass is 302 g/mol. The Labute approximate surface area is 124 Å². The predicted octanol–water partition coefficient (Wildman–Crippen LogP) is 1.15. The molecule has 1 unspecified atom stereocenters. The topological polar surface area (TPSA) is 116 Å². The highest BCUT2D eigenvalue weighted by Crippen LogP contribution is 2.28. The van der Waals surface area contributed by atoms with Crippen molar-refractivity contribution in [3.63, 3.8) is 0 Å². The van der Waals surface area contributed by atoms with Crippen molar-refractivity contribution in [3.05, 3.63) is 36.2 Å². The third kappa shape index (κ3) is 2.59. The molecule has 0 amide bonds. The first-order valence-electron chi connectivity index (χ1n) is 6.65. The molecule has 0 fully saturated rings. The number of fused-ring (bicyclic) bond motifs is 3. The van der Waals surface area contributed by atoms with Crippen molar-refractivity contribution in [1.29, 1.82) is 0 Å². The average Bonchev–Trinajstić information content (AvgIpc) is 2.89. The maximum absolute atomic E-state index is 11.0. The van der Waals surface area contributed by atoms with E-state index in [1.807, 2.05) is 0 Å². The Hall–Kier alpha value is -2.64. The molecule has 0 bridgehead atoms. The molecule has 0 saturated carbocycles. The van der Waals surface area contributed by atoms with Gasteiger partial charge >= 0.3 is 5.97 Å². The molecule has 0 aliphatic rings. The van der Waals surface area contributed by atoms with Crippen molar-refractivity contribution in [1.82, 2.24) is 9.97 Å². The third-order valence-corrected chi connectivity index (χ3v) is 3.33. The number of aliphatic hydroxyl groups is 2. The Balaban J connectivity index is 2.03. The van der Waals surface area contributed by atoms with Crippen LogP contribution in [0, 0.1) is 0 Å². The number of aromatic amines is 1. The minimum absolute atomic E-state index is 0.0215. The number of nitrogens with zero attached hydrogens (tertiary/aromatic N) is 1. The van der Waals surface area contributed by atoms with Crippen molar-refractivity contribution in [3.8, 4) is 5.75 Å². The summed E-state index contributed by atoms with van der Waals surface area (Å²) in [5.74, 6) is -0.565. The minimum atomic E-state index is -1.09. The van der Waals surface area contributed by atoms with Gasteiger partial charge in [-0.05, 0) is 24.3 Å². The summed E-state index contributed by atoms with van der Waals surface area (Å²) >= 11 is 0. The molecule has 0 radical (unpaired) electrons. The van der Waals surface area contributed by atoms with Gasteiger partial charge in [0.1, 0.15) is 24.2 Å². The van der Waals surface area contributed by atoms with E-state index in [-0.39, 0.29) is 18.9 Å². The molecule has 7 heteroatoms. The standard InChI is InChI=1S/C15H14N2O5/c18-6-8(19)7-22-9-1-2-12-10(3-9)11-4-13(15(20)21)16-5-14(11)17-12/h1-5,8,17-19H,6-7H2,(H,20,21). The number of aromatic carboxylic acids is 1. The van der Waals surface area contributed by atoms with Crippen LogP contribution in [0.3, 0.4) is 0 Å². The molecule has 0 saturated heterocycles. The molecular weight excluding hydrogens is 288 g/mol. The van der Waals surface area contributed by atoms with E-state index in [9.17, 15) is 9.90 Å². The van der Waals surface area contributed by atoms with Crippen molar-refractivity contribution in [2.24, 2.45) is 0 Å². The van der Waals surface area contributed by atoms with Gasteiger partial charge in [-0.3, -0.25) is 0 Å². The number of aromatic nitrogens is 2. The zero-order valence-corrected chi connectivity index (χ0v) is 11.5. The van der Waals surface area contributed by atoms with Crippen LogP contribution < -0.4 is 4.74 Å². The minimum Gasteiger partial charge on any atom is -0.491 e. The van der Waals surface area contributed by atoms with E-state index in [2.05, 4.69) is 9.97 Å². The van der Waals surface area contributed by atoms with Gasteiger partial charge < -0.3 is 25.0 Å². The lowest BCUT2D eigenvalue weighted by molar-refractivity contribution is 0.0536. The van der Waals surface area contributed by atoms with Gasteiger partial charge in [0.15, 0.2) is 0 Å². The van der Waals surface area contributed by atoms with Crippen LogP contribution >= 0.6 is 0 Å². The number of hydrogen-bond donors (Lipinski definition) is 4. The molecule has 1 aromatic carbocycles. The first kappa shape index (κ1) is 14.3. The van der Waals surface area contributed by atoms with Crippen LogP contribution in [0.15, 0.2) is 30.5 Å². The molecule has 0 aliphatic carbocycles. The number of H-pyrrole nitrogens is 1. The van der Waals surface area contributed by atoms with Crippen LogP contribution in [0.4, 0.5) is 0 Å². The molecule has 3 aromatic rings. The summed E-state index contributed by atoms with van der Waals surface area (Å²) in [7, 11) is 0. The number of nitrogens with one attached hydrogen (secondary N) is 1. The average molecular weight is 302 g/mol. The van der Waals surface area contributed by atoms with E-state index in [1.54, 1.807) is 18.2 Å². The van der Waals surface area contributed by atoms with E-state index in [4.69, 9.17) is 14.9 Å². The van der Waals surface area contributed by atoms with Gasteiger partial charge in [0, 0.05) is 16.3 Å². The van der Waals surface area contributed by atoms with Crippen LogP contribution in [-0.4, -0.2) is 50.6 Å². The Morgan fingerprint density at radius 1 is 1.27 bits per heavy atom. The number of ether oxygens (including phenoxy) is 1. The Morgan fingerprint density at radius 3 is 2.77 bits per heavy atom. The highest BCUT2D eigenvalue weighted by molar-refractivity contribution is 6.08. The van der Waals surface area contributed by atoms with E-state index in [1.165, 1.54) is 12.3 Å². The summed E-state index contributed by atoms with van der Waals surface area (Å²) in [5.41, 5.74) is 1.53. The lowest BCUT2D eigenvalue weighted by Crippen LogP contribution is -2.21. The SMILES string of the molecule is O=C(O)c1cc2c(cn1)[nH]c1ccc(OCC(O)CO)cc12. The summed E-state index contributed by atoms with van der Waals surface area (Å²) in [4.78, 5) is 18.0. The summed E-state index contributed by atoms with van der Waals surface area (Å²) in [6.07, 6.45) is 0.538. The molecule has 0 aliphatic heterocycles. The Kier molecular flexibility index (Phi) is 3.66. The smallest absolute Gasteiger partial charge is 0.354 e. The van der Waals surface area contributed by atoms with Crippen molar-refractivity contribution in [2.75, 3.05) is 13.2 Å². The number of carboxylic acids is 1. The van der Waals surface area contributed by atoms with Crippen molar-refractivity contribution < 1.29 is 24.9 Å². The van der Waals surface area contributed by atoms with Gasteiger partial charge in [0.25, 0.3) is 0 Å². The fourth-order valence-corrected chi connectivity index (χ4v) is 2.23. The van der Waals surface area contributed by atoms with Crippen LogP contribution in [0.1, 0.15) is 10.5 Å². The van der Waals surface area contributed by atoms with Crippen molar-refractivity contribution in [2.45, 2.75) is 6.10 Å². The lowest BCUT2D eigenvalue weighted by atomic mass is 10.1. The number of aliphatic hydroxyl groups excluding tert-OH is 2. The molecule has 0 spiro atoms. The maximum atomic E-state index is 11.0. The molecule has 2 heterocycles. The van der Waals surface area contributed by atoms with E-state index in [0.29, 0.717) is 5.75 Å². The third-order valence-electron chi connectivity index (χ3n) is 3.33. The zero-order valence-electron chi connectivity index (χ0n) is 11.5. The first-order chi connectivity index (χ1) is 10.6. The van der Waals surface area contributed by atoms with E-state index in [0.717, 1.165) is 21.8 Å². The van der Waals surface area contributed by atoms with Gasteiger partial charge in [0.2, 0.25) is 0 Å². The van der Waals surface area contributed by atoms with E-state index < -0.39 is 12.1 Å². The maximum Gasteiger partial charge on any atom is 0.354 e. The van der Waals surface area contributed by atoms with Crippen LogP contribution in [0.2, 0.25) is 0 Å². The first-order valence-corrected chi connectivity index (χ1v) is 6.65.